The average Bonchev–Trinajstić information content (AvgIpc) is 2.42. The van der Waals surface area contributed by atoms with E-state index in [4.69, 9.17) is 10.8 Å². The van der Waals surface area contributed by atoms with Gasteiger partial charge in [0.05, 0.1) is 0 Å². The van der Waals surface area contributed by atoms with Crippen LogP contribution < -0.4 is 5.73 Å². The fourth-order valence-electron chi connectivity index (χ4n) is 1.82. The fourth-order valence-corrected chi connectivity index (χ4v) is 2.38. The number of nitrogens with two attached hydrogens (primary N) is 1. The molecular formula is C10H10INO2. The Morgan fingerprint density at radius 3 is 2.71 bits per heavy atom. The van der Waals surface area contributed by atoms with Gasteiger partial charge < -0.3 is 10.8 Å². The molecule has 1 aliphatic carbocycles. The van der Waals surface area contributed by atoms with Crippen molar-refractivity contribution in [2.24, 2.45) is 5.73 Å². The number of carboxylic acids is 1. The number of carbonyl (C=O) groups is 1. The third kappa shape index (κ3) is 1.52. The summed E-state index contributed by atoms with van der Waals surface area (Å²) in [6, 6.07) is 5.95. The SMILES string of the molecule is NC1(C(=O)O)Cc2ccc(I)cc2C1. The van der Waals surface area contributed by atoms with E-state index in [9.17, 15) is 4.79 Å². The van der Waals surface area contributed by atoms with Gasteiger partial charge in [0.15, 0.2) is 0 Å². The molecule has 74 valence electrons. The summed E-state index contributed by atoms with van der Waals surface area (Å²) in [5, 5.41) is 8.99. The van der Waals surface area contributed by atoms with Crippen LogP contribution in [0.1, 0.15) is 11.1 Å². The lowest BCUT2D eigenvalue weighted by atomic mass is 9.98. The van der Waals surface area contributed by atoms with Crippen molar-refractivity contribution >= 4 is 28.6 Å². The summed E-state index contributed by atoms with van der Waals surface area (Å²) in [5.41, 5.74) is 6.85. The molecule has 1 aliphatic rings. The van der Waals surface area contributed by atoms with E-state index in [1.807, 2.05) is 18.2 Å². The first kappa shape index (κ1) is 9.92. The van der Waals surface area contributed by atoms with Crippen molar-refractivity contribution in [1.82, 2.24) is 0 Å². The predicted octanol–water partition coefficient (Wildman–Crippen LogP) is 1.17. The zero-order valence-electron chi connectivity index (χ0n) is 7.46. The lowest BCUT2D eigenvalue weighted by molar-refractivity contribution is -0.142. The molecule has 1 atom stereocenters. The number of halogens is 1. The number of hydrogen-bond acceptors (Lipinski definition) is 2. The summed E-state index contributed by atoms with van der Waals surface area (Å²) in [5.74, 6) is -0.913. The van der Waals surface area contributed by atoms with Gasteiger partial charge in [-0.15, -0.1) is 0 Å². The van der Waals surface area contributed by atoms with Gasteiger partial charge in [0, 0.05) is 16.4 Å². The van der Waals surface area contributed by atoms with Gasteiger partial charge in [-0.3, -0.25) is 4.79 Å². The maximum Gasteiger partial charge on any atom is 0.324 e. The molecule has 0 bridgehead atoms. The standard InChI is InChI=1S/C10H10INO2/c11-8-2-1-6-4-10(12,9(13)14)5-7(6)3-8/h1-3H,4-5,12H2,(H,13,14). The second-order valence-electron chi connectivity index (χ2n) is 3.73. The smallest absolute Gasteiger partial charge is 0.324 e. The second-order valence-corrected chi connectivity index (χ2v) is 4.97. The molecule has 1 unspecified atom stereocenters. The Hall–Kier alpha value is -0.620. The lowest BCUT2D eigenvalue weighted by Gasteiger charge is -2.16. The van der Waals surface area contributed by atoms with E-state index in [0.29, 0.717) is 12.8 Å². The first-order valence-corrected chi connectivity index (χ1v) is 5.39. The Kier molecular flexibility index (Phi) is 2.27. The highest BCUT2D eigenvalue weighted by Gasteiger charge is 2.40. The molecule has 1 aromatic rings. The van der Waals surface area contributed by atoms with E-state index in [1.54, 1.807) is 0 Å². The first-order valence-electron chi connectivity index (χ1n) is 4.31. The molecule has 0 amide bonds. The van der Waals surface area contributed by atoms with Crippen LogP contribution in [0, 0.1) is 3.57 Å². The van der Waals surface area contributed by atoms with Gasteiger partial charge in [0.2, 0.25) is 0 Å². The number of hydrogen-bond donors (Lipinski definition) is 2. The average molecular weight is 303 g/mol. The third-order valence-electron chi connectivity index (χ3n) is 2.61. The summed E-state index contributed by atoms with van der Waals surface area (Å²) in [4.78, 5) is 10.9. The van der Waals surface area contributed by atoms with Crippen LogP contribution in [-0.2, 0) is 17.6 Å². The molecule has 14 heavy (non-hydrogen) atoms. The topological polar surface area (TPSA) is 63.3 Å². The van der Waals surface area contributed by atoms with Crippen LogP contribution in [-0.4, -0.2) is 16.6 Å². The van der Waals surface area contributed by atoms with Gasteiger partial charge >= 0.3 is 5.97 Å². The zero-order chi connectivity index (χ0) is 10.3. The van der Waals surface area contributed by atoms with Gasteiger partial charge in [-0.2, -0.15) is 0 Å². The molecule has 0 radical (unpaired) electrons. The lowest BCUT2D eigenvalue weighted by Crippen LogP contribution is -2.48. The fraction of sp³-hybridized carbons (Fsp3) is 0.300. The molecule has 0 spiro atoms. The third-order valence-corrected chi connectivity index (χ3v) is 3.28. The van der Waals surface area contributed by atoms with Crippen molar-refractivity contribution in [1.29, 1.82) is 0 Å². The van der Waals surface area contributed by atoms with Crippen LogP contribution in [0.25, 0.3) is 0 Å². The van der Waals surface area contributed by atoms with Gasteiger partial charge in [-0.25, -0.2) is 0 Å². The molecule has 4 heteroatoms. The molecule has 3 nitrogen and oxygen atoms in total. The van der Waals surface area contributed by atoms with E-state index in [2.05, 4.69) is 22.6 Å². The molecule has 3 N–H and O–H groups in total. The Morgan fingerprint density at radius 1 is 1.43 bits per heavy atom. The quantitative estimate of drug-likeness (QED) is 0.766. The monoisotopic (exact) mass is 303 g/mol. The van der Waals surface area contributed by atoms with Gasteiger partial charge in [0.25, 0.3) is 0 Å². The van der Waals surface area contributed by atoms with E-state index in [1.165, 1.54) is 0 Å². The minimum atomic E-state index is -1.09. The van der Waals surface area contributed by atoms with Crippen LogP contribution in [0.3, 0.4) is 0 Å². The molecule has 2 rings (SSSR count). The first-order chi connectivity index (χ1) is 6.51. The van der Waals surface area contributed by atoms with Crippen LogP contribution in [0.15, 0.2) is 18.2 Å². The van der Waals surface area contributed by atoms with E-state index < -0.39 is 11.5 Å². The normalized spacial score (nSPS) is 24.7. The molecular weight excluding hydrogens is 293 g/mol. The number of carboxylic acid groups (broad SMARTS) is 1. The van der Waals surface area contributed by atoms with Crippen molar-refractivity contribution in [3.05, 3.63) is 32.9 Å². The highest BCUT2D eigenvalue weighted by Crippen LogP contribution is 2.29. The largest absolute Gasteiger partial charge is 0.480 e. The highest BCUT2D eigenvalue weighted by atomic mass is 127. The van der Waals surface area contributed by atoms with Gasteiger partial charge in [0.1, 0.15) is 5.54 Å². The minimum Gasteiger partial charge on any atom is -0.480 e. The summed E-state index contributed by atoms with van der Waals surface area (Å²) in [6.07, 6.45) is 0.878. The number of aliphatic carboxylic acids is 1. The molecule has 1 aromatic carbocycles. The molecule has 0 aromatic heterocycles. The van der Waals surface area contributed by atoms with Crippen molar-refractivity contribution in [2.75, 3.05) is 0 Å². The Labute approximate surface area is 95.4 Å². The van der Waals surface area contributed by atoms with Crippen LogP contribution >= 0.6 is 22.6 Å². The predicted molar refractivity (Wildman–Crippen MR) is 61.1 cm³/mol. The molecule has 0 saturated heterocycles. The minimum absolute atomic E-state index is 0.439. The second kappa shape index (κ2) is 3.20. The summed E-state index contributed by atoms with van der Waals surface area (Å²) < 4.78 is 1.12. The molecule has 0 heterocycles. The maximum absolute atomic E-state index is 10.9. The summed E-state index contributed by atoms with van der Waals surface area (Å²) >= 11 is 2.21. The zero-order valence-corrected chi connectivity index (χ0v) is 9.61. The van der Waals surface area contributed by atoms with Crippen LogP contribution in [0.4, 0.5) is 0 Å². The summed E-state index contributed by atoms with van der Waals surface area (Å²) in [7, 11) is 0. The van der Waals surface area contributed by atoms with Crippen molar-refractivity contribution in [3.63, 3.8) is 0 Å². The maximum atomic E-state index is 10.9. The number of benzene rings is 1. The van der Waals surface area contributed by atoms with Crippen molar-refractivity contribution in [2.45, 2.75) is 18.4 Å². The Balaban J connectivity index is 2.39. The van der Waals surface area contributed by atoms with Gasteiger partial charge in [-0.1, -0.05) is 6.07 Å². The van der Waals surface area contributed by atoms with Crippen LogP contribution in [0.2, 0.25) is 0 Å². The molecule has 0 aliphatic heterocycles. The molecule has 0 fully saturated rings. The number of fused-ring (bicyclic) bond motifs is 1. The van der Waals surface area contributed by atoms with Crippen LogP contribution in [0.5, 0.6) is 0 Å². The summed E-state index contributed by atoms with van der Waals surface area (Å²) in [6.45, 7) is 0. The van der Waals surface area contributed by atoms with Crippen molar-refractivity contribution in [3.8, 4) is 0 Å². The highest BCUT2D eigenvalue weighted by molar-refractivity contribution is 14.1. The van der Waals surface area contributed by atoms with E-state index in [0.717, 1.165) is 14.7 Å². The Bertz CT molecular complexity index is 405. The number of rotatable bonds is 1. The molecule has 0 saturated carbocycles. The van der Waals surface area contributed by atoms with Crippen molar-refractivity contribution < 1.29 is 9.90 Å². The van der Waals surface area contributed by atoms with E-state index >= 15 is 0 Å². The van der Waals surface area contributed by atoms with E-state index in [-0.39, 0.29) is 0 Å². The van der Waals surface area contributed by atoms with Gasteiger partial charge in [-0.05, 0) is 45.9 Å². The Morgan fingerprint density at radius 2 is 2.07 bits per heavy atom.